The molecule has 0 amide bonds. The molecule has 0 saturated heterocycles. The van der Waals surface area contributed by atoms with Crippen molar-refractivity contribution in [2.75, 3.05) is 11.9 Å². The monoisotopic (exact) mass is 333 g/mol. The first-order valence-electron chi connectivity index (χ1n) is 8.91. The van der Waals surface area contributed by atoms with Crippen molar-refractivity contribution in [3.05, 3.63) is 49.1 Å². The minimum absolute atomic E-state index is 0.133. The minimum atomic E-state index is -0.133. The minimum Gasteiger partial charge on any atom is -0.368 e. The second kappa shape index (κ2) is 6.76. The fourth-order valence-electron chi connectivity index (χ4n) is 3.60. The van der Waals surface area contributed by atoms with Crippen LogP contribution in [0.1, 0.15) is 32.1 Å². The highest BCUT2D eigenvalue weighted by atomic mass is 15.0. The van der Waals surface area contributed by atoms with Crippen LogP contribution in [0.4, 0.5) is 5.82 Å². The highest BCUT2D eigenvalue weighted by Crippen LogP contribution is 2.29. The summed E-state index contributed by atoms with van der Waals surface area (Å²) in [7, 11) is 0. The molecule has 4 rings (SSSR count). The summed E-state index contributed by atoms with van der Waals surface area (Å²) in [6, 6.07) is 8.02. The van der Waals surface area contributed by atoms with Crippen LogP contribution in [-0.4, -0.2) is 27.0 Å². The van der Waals surface area contributed by atoms with E-state index in [0.29, 0.717) is 0 Å². The number of nitrogens with one attached hydrogen (secondary N) is 1. The van der Waals surface area contributed by atoms with Gasteiger partial charge >= 0.3 is 0 Å². The largest absolute Gasteiger partial charge is 0.368 e. The summed E-state index contributed by atoms with van der Waals surface area (Å²) in [6.07, 6.45) is 13.1. The Morgan fingerprint density at radius 2 is 1.76 bits per heavy atom. The Bertz CT molecular complexity index is 856. The fraction of sp³-hybridized carbons (Fsp3) is 0.350. The van der Waals surface area contributed by atoms with Crippen LogP contribution in [0.15, 0.2) is 49.1 Å². The molecule has 0 radical (unpaired) electrons. The molecular formula is C20H23N5. The molecular weight excluding hydrogens is 310 g/mol. The van der Waals surface area contributed by atoms with E-state index in [1.807, 2.05) is 24.4 Å². The number of hydrogen-bond acceptors (Lipinski definition) is 5. The van der Waals surface area contributed by atoms with E-state index in [9.17, 15) is 0 Å². The molecule has 5 heteroatoms. The van der Waals surface area contributed by atoms with E-state index in [4.69, 9.17) is 10.7 Å². The van der Waals surface area contributed by atoms with Crippen LogP contribution in [-0.2, 0) is 0 Å². The lowest BCUT2D eigenvalue weighted by atomic mass is 9.82. The zero-order valence-corrected chi connectivity index (χ0v) is 14.3. The average Bonchev–Trinajstić information content (AvgIpc) is 2.67. The van der Waals surface area contributed by atoms with Gasteiger partial charge in [-0.2, -0.15) is 0 Å². The first-order chi connectivity index (χ1) is 12.2. The van der Waals surface area contributed by atoms with Crippen molar-refractivity contribution < 1.29 is 0 Å². The number of aromatic nitrogens is 3. The van der Waals surface area contributed by atoms with Crippen molar-refractivity contribution in [2.24, 2.45) is 5.73 Å². The molecule has 3 N–H and O–H groups in total. The third kappa shape index (κ3) is 3.46. The molecule has 0 spiro atoms. The molecule has 1 aliphatic carbocycles. The first-order valence-corrected chi connectivity index (χ1v) is 8.91. The van der Waals surface area contributed by atoms with Crippen molar-refractivity contribution >= 4 is 16.6 Å². The molecule has 25 heavy (non-hydrogen) atoms. The molecule has 0 atom stereocenters. The number of rotatable bonds is 4. The second-order valence-electron chi connectivity index (χ2n) is 6.97. The lowest BCUT2D eigenvalue weighted by Gasteiger charge is -2.33. The van der Waals surface area contributed by atoms with Crippen LogP contribution in [0.2, 0.25) is 0 Å². The predicted molar refractivity (Wildman–Crippen MR) is 101 cm³/mol. The number of nitrogens with zero attached hydrogens (tertiary/aromatic N) is 3. The summed E-state index contributed by atoms with van der Waals surface area (Å²) in [5.74, 6) is 0.877. The van der Waals surface area contributed by atoms with E-state index in [1.54, 1.807) is 18.6 Å². The molecule has 0 aromatic carbocycles. The third-order valence-electron chi connectivity index (χ3n) is 5.06. The van der Waals surface area contributed by atoms with Gasteiger partial charge in [-0.1, -0.05) is 19.3 Å². The molecule has 3 heterocycles. The molecule has 0 aliphatic heterocycles. The maximum atomic E-state index is 6.59. The summed E-state index contributed by atoms with van der Waals surface area (Å²) in [5.41, 5.74) is 8.42. The SMILES string of the molecule is NC1(CNc2nc(-c3ccncc3)cc3cnccc23)CCCCC1. The summed E-state index contributed by atoms with van der Waals surface area (Å²) in [4.78, 5) is 13.2. The summed E-state index contributed by atoms with van der Waals surface area (Å²) in [5, 5.41) is 5.68. The lowest BCUT2D eigenvalue weighted by molar-refractivity contribution is 0.311. The van der Waals surface area contributed by atoms with E-state index in [1.165, 1.54) is 19.3 Å². The van der Waals surface area contributed by atoms with Crippen molar-refractivity contribution in [3.63, 3.8) is 0 Å². The normalized spacial score (nSPS) is 16.7. The smallest absolute Gasteiger partial charge is 0.134 e. The molecule has 1 saturated carbocycles. The Morgan fingerprint density at radius 3 is 2.56 bits per heavy atom. The van der Waals surface area contributed by atoms with Gasteiger partial charge in [0.2, 0.25) is 0 Å². The van der Waals surface area contributed by atoms with Gasteiger partial charge in [-0.3, -0.25) is 9.97 Å². The highest BCUT2D eigenvalue weighted by molar-refractivity contribution is 5.93. The summed E-state index contributed by atoms with van der Waals surface area (Å²) >= 11 is 0. The van der Waals surface area contributed by atoms with Crippen LogP contribution in [0.25, 0.3) is 22.0 Å². The topological polar surface area (TPSA) is 76.7 Å². The van der Waals surface area contributed by atoms with Crippen LogP contribution in [0, 0.1) is 0 Å². The standard InChI is InChI=1S/C20H23N5/c21-20(7-2-1-3-8-20)14-24-19-17-6-11-23-13-16(17)12-18(25-19)15-4-9-22-10-5-15/h4-6,9-13H,1-3,7-8,14,21H2,(H,24,25). The lowest BCUT2D eigenvalue weighted by Crippen LogP contribution is -2.47. The van der Waals surface area contributed by atoms with Crippen LogP contribution in [0.5, 0.6) is 0 Å². The molecule has 3 aromatic rings. The molecule has 128 valence electrons. The van der Waals surface area contributed by atoms with Gasteiger partial charge in [0.1, 0.15) is 5.82 Å². The predicted octanol–water partition coefficient (Wildman–Crippen LogP) is 3.77. The Balaban J connectivity index is 1.69. The Labute approximate surface area is 147 Å². The summed E-state index contributed by atoms with van der Waals surface area (Å²) in [6.45, 7) is 0.747. The van der Waals surface area contributed by atoms with E-state index >= 15 is 0 Å². The molecule has 3 aromatic heterocycles. The number of anilines is 1. The van der Waals surface area contributed by atoms with Gasteiger partial charge in [0.25, 0.3) is 0 Å². The van der Waals surface area contributed by atoms with Crippen molar-refractivity contribution in [2.45, 2.75) is 37.6 Å². The molecule has 0 unspecified atom stereocenters. The number of hydrogen-bond donors (Lipinski definition) is 2. The number of fused-ring (bicyclic) bond motifs is 1. The van der Waals surface area contributed by atoms with Crippen molar-refractivity contribution in [1.82, 2.24) is 15.0 Å². The van der Waals surface area contributed by atoms with Gasteiger partial charge in [0.05, 0.1) is 5.69 Å². The zero-order chi connectivity index (χ0) is 17.1. The quantitative estimate of drug-likeness (QED) is 0.760. The van der Waals surface area contributed by atoms with E-state index in [0.717, 1.165) is 47.2 Å². The van der Waals surface area contributed by atoms with E-state index in [2.05, 4.69) is 21.4 Å². The number of pyridine rings is 3. The average molecular weight is 333 g/mol. The zero-order valence-electron chi connectivity index (χ0n) is 14.3. The van der Waals surface area contributed by atoms with E-state index < -0.39 is 0 Å². The maximum Gasteiger partial charge on any atom is 0.134 e. The van der Waals surface area contributed by atoms with Crippen molar-refractivity contribution in [1.29, 1.82) is 0 Å². The Morgan fingerprint density at radius 1 is 1.00 bits per heavy atom. The van der Waals surface area contributed by atoms with Gasteiger partial charge < -0.3 is 11.1 Å². The molecule has 0 bridgehead atoms. The Hall–Kier alpha value is -2.53. The summed E-state index contributed by atoms with van der Waals surface area (Å²) < 4.78 is 0. The first kappa shape index (κ1) is 16.0. The van der Waals surface area contributed by atoms with Gasteiger partial charge in [-0.05, 0) is 37.1 Å². The Kier molecular flexibility index (Phi) is 4.32. The van der Waals surface area contributed by atoms with Crippen molar-refractivity contribution in [3.8, 4) is 11.3 Å². The second-order valence-corrected chi connectivity index (χ2v) is 6.97. The van der Waals surface area contributed by atoms with Crippen LogP contribution < -0.4 is 11.1 Å². The highest BCUT2D eigenvalue weighted by Gasteiger charge is 2.27. The number of nitrogens with two attached hydrogens (primary N) is 1. The fourth-order valence-corrected chi connectivity index (χ4v) is 3.60. The van der Waals surface area contributed by atoms with Crippen LogP contribution in [0.3, 0.4) is 0 Å². The molecule has 5 nitrogen and oxygen atoms in total. The van der Waals surface area contributed by atoms with Crippen LogP contribution >= 0.6 is 0 Å². The maximum absolute atomic E-state index is 6.59. The third-order valence-corrected chi connectivity index (χ3v) is 5.06. The molecule has 1 aliphatic rings. The molecule has 1 fully saturated rings. The van der Waals surface area contributed by atoms with Gasteiger partial charge in [0.15, 0.2) is 0 Å². The van der Waals surface area contributed by atoms with E-state index in [-0.39, 0.29) is 5.54 Å². The van der Waals surface area contributed by atoms with Gasteiger partial charge in [-0.15, -0.1) is 0 Å². The van der Waals surface area contributed by atoms with Gasteiger partial charge in [0, 0.05) is 53.2 Å². The van der Waals surface area contributed by atoms with Gasteiger partial charge in [-0.25, -0.2) is 4.98 Å².